The summed E-state index contributed by atoms with van der Waals surface area (Å²) in [4.78, 5) is 20.8. The molecule has 3 rings (SSSR count). The molecule has 8 nitrogen and oxygen atoms in total. The molecule has 3 atom stereocenters. The van der Waals surface area contributed by atoms with Crippen LogP contribution in [0.1, 0.15) is 50.7 Å². The van der Waals surface area contributed by atoms with E-state index in [0.717, 1.165) is 60.8 Å². The predicted octanol–water partition coefficient (Wildman–Crippen LogP) is 3.08. The average molecular weight is 537 g/mol. The second-order valence-corrected chi connectivity index (χ2v) is 12.4. The van der Waals surface area contributed by atoms with E-state index in [0.29, 0.717) is 25.2 Å². The fourth-order valence-electron chi connectivity index (χ4n) is 5.64. The third-order valence-electron chi connectivity index (χ3n) is 8.06. The van der Waals surface area contributed by atoms with E-state index < -0.39 is 11.0 Å². The molecular formula is C28H48N4O4S. The third-order valence-corrected chi connectivity index (χ3v) is 9.80. The van der Waals surface area contributed by atoms with Gasteiger partial charge in [0.05, 0.1) is 18.6 Å². The van der Waals surface area contributed by atoms with Crippen molar-refractivity contribution >= 4 is 16.9 Å². The summed E-state index contributed by atoms with van der Waals surface area (Å²) in [5.41, 5.74) is 1.87. The number of rotatable bonds is 11. The highest BCUT2D eigenvalue weighted by molar-refractivity contribution is 7.82. The molecule has 0 spiro atoms. The van der Waals surface area contributed by atoms with E-state index in [1.54, 1.807) is 11.4 Å². The highest BCUT2D eigenvalue weighted by Gasteiger charge is 2.32. The fraction of sp³-hybridized carbons (Fsp3) is 0.750. The minimum absolute atomic E-state index is 0.0286. The second kappa shape index (κ2) is 14.0. The molecule has 1 amide bonds. The van der Waals surface area contributed by atoms with Crippen LogP contribution in [0.5, 0.6) is 5.75 Å². The molecule has 1 heterocycles. The largest absolute Gasteiger partial charge is 0.497 e. The van der Waals surface area contributed by atoms with Crippen LogP contribution in [0.15, 0.2) is 17.0 Å². The highest BCUT2D eigenvalue weighted by Crippen LogP contribution is 2.28. The van der Waals surface area contributed by atoms with Gasteiger partial charge in [0.1, 0.15) is 23.3 Å². The van der Waals surface area contributed by atoms with Crippen LogP contribution in [-0.2, 0) is 20.5 Å². The van der Waals surface area contributed by atoms with Gasteiger partial charge in [0, 0.05) is 64.9 Å². The van der Waals surface area contributed by atoms with Crippen LogP contribution in [0.4, 0.5) is 0 Å². The smallest absolute Gasteiger partial charge is 0.248 e. The summed E-state index contributed by atoms with van der Waals surface area (Å²) in [6.45, 7) is 13.9. The number of ether oxygens (including phenoxy) is 2. The number of hydrogen-bond donors (Lipinski definition) is 0. The topological polar surface area (TPSA) is 65.6 Å². The van der Waals surface area contributed by atoms with Gasteiger partial charge in [0.25, 0.3) is 0 Å². The van der Waals surface area contributed by atoms with Crippen molar-refractivity contribution in [2.24, 2.45) is 0 Å². The highest BCUT2D eigenvalue weighted by atomic mass is 32.2. The summed E-state index contributed by atoms with van der Waals surface area (Å²) in [6.07, 6.45) is 4.51. The van der Waals surface area contributed by atoms with Crippen molar-refractivity contribution in [1.29, 1.82) is 0 Å². The lowest BCUT2D eigenvalue weighted by Gasteiger charge is -2.44. The van der Waals surface area contributed by atoms with Crippen molar-refractivity contribution in [2.75, 3.05) is 67.1 Å². The third kappa shape index (κ3) is 7.99. The van der Waals surface area contributed by atoms with Crippen molar-refractivity contribution < 1.29 is 18.5 Å². The first-order chi connectivity index (χ1) is 17.6. The lowest BCUT2D eigenvalue weighted by molar-refractivity contribution is -0.138. The quantitative estimate of drug-likeness (QED) is 0.405. The summed E-state index contributed by atoms with van der Waals surface area (Å²) < 4.78 is 25.9. The van der Waals surface area contributed by atoms with E-state index in [-0.39, 0.29) is 18.6 Å². The number of aryl methyl sites for hydroxylation is 2. The van der Waals surface area contributed by atoms with Crippen LogP contribution >= 0.6 is 0 Å². The van der Waals surface area contributed by atoms with E-state index >= 15 is 0 Å². The average Bonchev–Trinajstić information content (AvgIpc) is 2.89. The monoisotopic (exact) mass is 536 g/mol. The summed E-state index contributed by atoms with van der Waals surface area (Å²) in [5, 5.41) is 0. The molecule has 1 aliphatic carbocycles. The molecule has 0 radical (unpaired) electrons. The van der Waals surface area contributed by atoms with Crippen molar-refractivity contribution in [3.63, 3.8) is 0 Å². The van der Waals surface area contributed by atoms with Gasteiger partial charge >= 0.3 is 0 Å². The molecule has 2 aliphatic rings. The maximum Gasteiger partial charge on any atom is 0.248 e. The molecule has 1 saturated heterocycles. The number of piperazine rings is 1. The number of carbonyl (C=O) groups is 1. The molecule has 0 aromatic heterocycles. The minimum Gasteiger partial charge on any atom is -0.497 e. The molecule has 1 aliphatic heterocycles. The molecule has 0 N–H and O–H groups in total. The first kappa shape index (κ1) is 30.0. The summed E-state index contributed by atoms with van der Waals surface area (Å²) >= 11 is 0. The molecule has 2 unspecified atom stereocenters. The van der Waals surface area contributed by atoms with Crippen molar-refractivity contribution in [3.8, 4) is 5.75 Å². The van der Waals surface area contributed by atoms with Crippen molar-refractivity contribution in [1.82, 2.24) is 19.0 Å². The lowest BCUT2D eigenvalue weighted by Crippen LogP contribution is -2.54. The Morgan fingerprint density at radius 3 is 2.35 bits per heavy atom. The Morgan fingerprint density at radius 1 is 1.11 bits per heavy atom. The number of amides is 1. The Balaban J connectivity index is 1.41. The molecule has 1 aromatic rings. The maximum atomic E-state index is 13.1. The van der Waals surface area contributed by atoms with Crippen molar-refractivity contribution in [2.45, 2.75) is 76.4 Å². The Hall–Kier alpha value is -1.52. The summed E-state index contributed by atoms with van der Waals surface area (Å²) in [7, 11) is 4.07. The van der Waals surface area contributed by atoms with Gasteiger partial charge < -0.3 is 14.4 Å². The molecular weight excluding hydrogens is 488 g/mol. The number of carbonyl (C=O) groups excluding carboxylic acids is 1. The van der Waals surface area contributed by atoms with E-state index in [4.69, 9.17) is 9.47 Å². The number of likely N-dealkylation sites (N-methyl/N-ethyl adjacent to an activating group) is 2. The Kier molecular flexibility index (Phi) is 11.4. The summed E-state index contributed by atoms with van der Waals surface area (Å²) in [6, 6.07) is 5.26. The zero-order valence-corrected chi connectivity index (χ0v) is 24.8. The van der Waals surface area contributed by atoms with Crippen molar-refractivity contribution in [3.05, 3.63) is 23.3 Å². The van der Waals surface area contributed by atoms with Gasteiger partial charge in [0.2, 0.25) is 5.91 Å². The number of methoxy groups -OCH3 is 1. The first-order valence-corrected chi connectivity index (χ1v) is 14.8. The number of hydrogen-bond acceptors (Lipinski definition) is 6. The number of nitrogens with zero attached hydrogens (tertiary/aromatic N) is 4. The van der Waals surface area contributed by atoms with Crippen LogP contribution in [0.3, 0.4) is 0 Å². The fourth-order valence-corrected chi connectivity index (χ4v) is 6.86. The summed E-state index contributed by atoms with van der Waals surface area (Å²) in [5.74, 6) is 0.795. The van der Waals surface area contributed by atoms with Gasteiger partial charge in [-0.3, -0.25) is 14.6 Å². The standard InChI is InChI=1S/C28H48N4O4S/c1-21(2)31-11-13-32(14-12-31)25-10-8-9-24(19-25)30(6)27(33)20-36-16-15-29(5)37(34)28-22(3)17-26(35-7)18-23(28)4/h17-18,21,24-25H,8-16,19-20H2,1-7H3/t24?,25-,37?/m0/s1. The first-order valence-electron chi connectivity index (χ1n) is 13.7. The van der Waals surface area contributed by atoms with Crippen LogP contribution < -0.4 is 4.74 Å². The molecule has 0 bridgehead atoms. The molecule has 9 heteroatoms. The van der Waals surface area contributed by atoms with Gasteiger partial charge in [-0.2, -0.15) is 0 Å². The van der Waals surface area contributed by atoms with Crippen LogP contribution in [0.25, 0.3) is 0 Å². The Labute approximate surface area is 226 Å². The molecule has 1 aromatic carbocycles. The van der Waals surface area contributed by atoms with Gasteiger partial charge in [-0.1, -0.05) is 0 Å². The van der Waals surface area contributed by atoms with Crippen LogP contribution in [0.2, 0.25) is 0 Å². The van der Waals surface area contributed by atoms with E-state index in [2.05, 4.69) is 23.6 Å². The van der Waals surface area contributed by atoms with Gasteiger partial charge in [-0.25, -0.2) is 8.51 Å². The maximum absolute atomic E-state index is 13.1. The zero-order valence-electron chi connectivity index (χ0n) is 24.0. The predicted molar refractivity (Wildman–Crippen MR) is 149 cm³/mol. The Bertz CT molecular complexity index is 896. The van der Waals surface area contributed by atoms with E-state index in [1.165, 1.54) is 12.8 Å². The van der Waals surface area contributed by atoms with E-state index in [9.17, 15) is 9.00 Å². The van der Waals surface area contributed by atoms with Gasteiger partial charge in [-0.05, 0) is 76.6 Å². The zero-order chi connectivity index (χ0) is 27.1. The minimum atomic E-state index is -1.31. The second-order valence-electron chi connectivity index (χ2n) is 10.9. The molecule has 1 saturated carbocycles. The van der Waals surface area contributed by atoms with Crippen LogP contribution in [0, 0.1) is 13.8 Å². The van der Waals surface area contributed by atoms with Crippen LogP contribution in [-0.4, -0.2) is 114 Å². The molecule has 37 heavy (non-hydrogen) atoms. The van der Waals surface area contributed by atoms with Gasteiger partial charge in [-0.15, -0.1) is 0 Å². The lowest BCUT2D eigenvalue weighted by atomic mass is 9.88. The normalized spacial score (nSPS) is 22.4. The van der Waals surface area contributed by atoms with Gasteiger partial charge in [0.15, 0.2) is 0 Å². The molecule has 210 valence electrons. The SMILES string of the molecule is COc1cc(C)c(S(=O)N(C)CCOCC(=O)N(C)C2CCC[C@H](N3CCN(C(C)C)CC3)C2)c(C)c1. The van der Waals surface area contributed by atoms with E-state index in [1.807, 2.05) is 45.0 Å². The molecule has 2 fully saturated rings. The Morgan fingerprint density at radius 2 is 1.76 bits per heavy atom. The number of benzene rings is 1.